The molecule has 0 unspecified atom stereocenters. The summed E-state index contributed by atoms with van der Waals surface area (Å²) in [5.41, 5.74) is 4.43. The lowest BCUT2D eigenvalue weighted by Crippen LogP contribution is -2.44. The molecule has 3 aromatic rings. The summed E-state index contributed by atoms with van der Waals surface area (Å²) < 4.78 is 7.46. The number of hydrogen-bond donors (Lipinski definition) is 0. The molecule has 0 bridgehead atoms. The Hall–Kier alpha value is -2.37. The van der Waals surface area contributed by atoms with Crippen LogP contribution in [0.4, 0.5) is 0 Å². The maximum absolute atomic E-state index is 5.27. The van der Waals surface area contributed by atoms with E-state index in [1.54, 1.807) is 7.11 Å². The molecule has 3 heterocycles. The van der Waals surface area contributed by atoms with Crippen molar-refractivity contribution in [2.45, 2.75) is 6.04 Å². The minimum absolute atomic E-state index is 0.336. The molecule has 5 heteroatoms. The molecule has 0 N–H and O–H groups in total. The van der Waals surface area contributed by atoms with Gasteiger partial charge in [0.2, 0.25) is 0 Å². The molecule has 1 aliphatic heterocycles. The van der Waals surface area contributed by atoms with Gasteiger partial charge in [0.05, 0.1) is 24.5 Å². The highest BCUT2D eigenvalue weighted by Gasteiger charge is 2.26. The molecule has 1 fully saturated rings. The molecule has 1 aliphatic rings. The van der Waals surface area contributed by atoms with Gasteiger partial charge in [-0.3, -0.25) is 9.30 Å². The Balaban J connectivity index is 1.75. The topological polar surface area (TPSA) is 33.0 Å². The van der Waals surface area contributed by atoms with Crippen molar-refractivity contribution in [3.8, 4) is 17.0 Å². The molecule has 2 aromatic heterocycles. The minimum Gasteiger partial charge on any atom is -0.497 e. The van der Waals surface area contributed by atoms with Crippen LogP contribution in [0.25, 0.3) is 16.9 Å². The van der Waals surface area contributed by atoms with Gasteiger partial charge in [-0.25, -0.2) is 4.98 Å². The molecule has 0 saturated carbocycles. The number of pyridine rings is 1. The van der Waals surface area contributed by atoms with Gasteiger partial charge in [-0.1, -0.05) is 6.07 Å². The lowest BCUT2D eigenvalue weighted by molar-refractivity contribution is 0.113. The van der Waals surface area contributed by atoms with Crippen molar-refractivity contribution >= 4 is 5.65 Å². The van der Waals surface area contributed by atoms with Gasteiger partial charge in [-0.2, -0.15) is 0 Å². The highest BCUT2D eigenvalue weighted by atomic mass is 16.5. The van der Waals surface area contributed by atoms with Gasteiger partial charge in [-0.15, -0.1) is 0 Å². The molecule has 5 nitrogen and oxygen atoms in total. The largest absolute Gasteiger partial charge is 0.497 e. The van der Waals surface area contributed by atoms with Crippen LogP contribution >= 0.6 is 0 Å². The maximum atomic E-state index is 5.27. The summed E-state index contributed by atoms with van der Waals surface area (Å²) >= 11 is 0. The van der Waals surface area contributed by atoms with Crippen molar-refractivity contribution in [3.63, 3.8) is 0 Å². The lowest BCUT2D eigenvalue weighted by Gasteiger charge is -2.36. The van der Waals surface area contributed by atoms with Crippen LogP contribution in [-0.4, -0.2) is 60.0 Å². The van der Waals surface area contributed by atoms with Crippen molar-refractivity contribution in [1.29, 1.82) is 0 Å². The van der Waals surface area contributed by atoms with Crippen LogP contribution in [0.3, 0.4) is 0 Å². The van der Waals surface area contributed by atoms with E-state index in [0.29, 0.717) is 6.04 Å². The molecule has 0 aliphatic carbocycles. The molecule has 0 spiro atoms. The lowest BCUT2D eigenvalue weighted by atomic mass is 10.1. The van der Waals surface area contributed by atoms with Gasteiger partial charge in [0.1, 0.15) is 11.4 Å². The maximum Gasteiger partial charge on any atom is 0.137 e. The molecule has 25 heavy (non-hydrogen) atoms. The second-order valence-corrected chi connectivity index (χ2v) is 6.79. The number of likely N-dealkylation sites (N-methyl/N-ethyl adjacent to an activating group) is 2. The van der Waals surface area contributed by atoms with Crippen molar-refractivity contribution in [1.82, 2.24) is 19.2 Å². The summed E-state index contributed by atoms with van der Waals surface area (Å²) in [6, 6.07) is 14.8. The Morgan fingerprint density at radius 3 is 2.60 bits per heavy atom. The van der Waals surface area contributed by atoms with Gasteiger partial charge in [0.15, 0.2) is 0 Å². The molecule has 1 atom stereocenters. The molecule has 1 saturated heterocycles. The van der Waals surface area contributed by atoms with Gasteiger partial charge in [0.25, 0.3) is 0 Å². The first-order valence-corrected chi connectivity index (χ1v) is 8.67. The van der Waals surface area contributed by atoms with E-state index >= 15 is 0 Å². The molecule has 4 rings (SSSR count). The van der Waals surface area contributed by atoms with Crippen molar-refractivity contribution < 1.29 is 4.74 Å². The molecule has 0 amide bonds. The number of aromatic nitrogens is 2. The number of rotatable bonds is 3. The summed E-state index contributed by atoms with van der Waals surface area (Å²) in [5, 5.41) is 0. The first-order valence-electron chi connectivity index (χ1n) is 8.67. The second-order valence-electron chi connectivity index (χ2n) is 6.79. The van der Waals surface area contributed by atoms with Crippen LogP contribution in [0.2, 0.25) is 0 Å². The third-order valence-corrected chi connectivity index (χ3v) is 5.09. The predicted octanol–water partition coefficient (Wildman–Crippen LogP) is 2.93. The predicted molar refractivity (Wildman–Crippen MR) is 100 cm³/mol. The quantitative estimate of drug-likeness (QED) is 0.736. The number of methoxy groups -OCH3 is 1. The number of benzene rings is 1. The number of nitrogens with zero attached hydrogens (tertiary/aromatic N) is 4. The fraction of sp³-hybridized carbons (Fsp3) is 0.350. The third kappa shape index (κ3) is 3.01. The van der Waals surface area contributed by atoms with Crippen LogP contribution < -0.4 is 4.74 Å². The Morgan fingerprint density at radius 2 is 1.84 bits per heavy atom. The van der Waals surface area contributed by atoms with Crippen LogP contribution in [0.1, 0.15) is 11.7 Å². The van der Waals surface area contributed by atoms with E-state index in [1.807, 2.05) is 12.1 Å². The standard InChI is InChI=1S/C20H24N4O/c1-22-11-12-23(2)19(14-22)17-13-24-18(5-4-6-20(24)21-17)15-7-9-16(25-3)10-8-15/h4-10,13,19H,11-12,14H2,1-3H3/t19-/m0/s1. The number of ether oxygens (including phenoxy) is 1. The van der Waals surface area contributed by atoms with E-state index < -0.39 is 0 Å². The fourth-order valence-corrected chi connectivity index (χ4v) is 3.52. The monoisotopic (exact) mass is 336 g/mol. The van der Waals surface area contributed by atoms with Gasteiger partial charge in [-0.05, 0) is 56.1 Å². The number of fused-ring (bicyclic) bond motifs is 1. The molecular weight excluding hydrogens is 312 g/mol. The van der Waals surface area contributed by atoms with E-state index in [-0.39, 0.29) is 0 Å². The highest BCUT2D eigenvalue weighted by molar-refractivity contribution is 5.64. The van der Waals surface area contributed by atoms with Crippen molar-refractivity contribution in [3.05, 3.63) is 54.4 Å². The summed E-state index contributed by atoms with van der Waals surface area (Å²) in [6.07, 6.45) is 2.19. The second kappa shape index (κ2) is 6.50. The van der Waals surface area contributed by atoms with Crippen LogP contribution in [0, 0.1) is 0 Å². The van der Waals surface area contributed by atoms with E-state index in [1.165, 1.54) is 0 Å². The van der Waals surface area contributed by atoms with Gasteiger partial charge >= 0.3 is 0 Å². The van der Waals surface area contributed by atoms with E-state index in [0.717, 1.165) is 48.0 Å². The summed E-state index contributed by atoms with van der Waals surface area (Å²) in [5.74, 6) is 0.870. The average molecular weight is 336 g/mol. The Bertz CT molecular complexity index is 871. The van der Waals surface area contributed by atoms with Crippen LogP contribution in [0.15, 0.2) is 48.7 Å². The van der Waals surface area contributed by atoms with Crippen LogP contribution in [-0.2, 0) is 0 Å². The van der Waals surface area contributed by atoms with E-state index in [4.69, 9.17) is 9.72 Å². The minimum atomic E-state index is 0.336. The third-order valence-electron chi connectivity index (χ3n) is 5.09. The number of piperazine rings is 1. The van der Waals surface area contributed by atoms with E-state index in [2.05, 4.69) is 64.8 Å². The SMILES string of the molecule is COc1ccc(-c2cccc3nc([C@@H]4CN(C)CCN4C)cn23)cc1. The number of imidazole rings is 1. The molecule has 130 valence electrons. The van der Waals surface area contributed by atoms with Gasteiger partial charge < -0.3 is 9.64 Å². The normalized spacial score (nSPS) is 19.4. The van der Waals surface area contributed by atoms with Crippen molar-refractivity contribution in [2.75, 3.05) is 40.8 Å². The Labute approximate surface area is 148 Å². The summed E-state index contributed by atoms with van der Waals surface area (Å²) in [6.45, 7) is 3.19. The molecular formula is C20H24N4O. The van der Waals surface area contributed by atoms with Gasteiger partial charge in [0, 0.05) is 25.8 Å². The number of hydrogen-bond acceptors (Lipinski definition) is 4. The van der Waals surface area contributed by atoms with Crippen LogP contribution in [0.5, 0.6) is 5.75 Å². The van der Waals surface area contributed by atoms with Crippen molar-refractivity contribution in [2.24, 2.45) is 0 Å². The summed E-state index contributed by atoms with van der Waals surface area (Å²) in [7, 11) is 6.06. The first kappa shape index (κ1) is 16.1. The smallest absolute Gasteiger partial charge is 0.137 e. The fourth-order valence-electron chi connectivity index (χ4n) is 3.52. The zero-order valence-corrected chi connectivity index (χ0v) is 15.0. The first-order chi connectivity index (χ1) is 12.2. The Kier molecular flexibility index (Phi) is 4.19. The zero-order valence-electron chi connectivity index (χ0n) is 15.0. The molecule has 0 radical (unpaired) electrons. The summed E-state index contributed by atoms with van der Waals surface area (Å²) in [4.78, 5) is 9.68. The average Bonchev–Trinajstić information content (AvgIpc) is 3.08. The highest BCUT2D eigenvalue weighted by Crippen LogP contribution is 2.27. The Morgan fingerprint density at radius 1 is 1.04 bits per heavy atom. The van der Waals surface area contributed by atoms with E-state index in [9.17, 15) is 0 Å². The molecule has 1 aromatic carbocycles. The zero-order chi connectivity index (χ0) is 17.4.